The Morgan fingerprint density at radius 2 is 1.65 bits per heavy atom. The smallest absolute Gasteiger partial charge is 0.00483 e. The monoisotopic (exact) mass is 232 g/mol. The molecule has 2 unspecified atom stereocenters. The lowest BCUT2D eigenvalue weighted by Crippen LogP contribution is -2.37. The minimum Gasteiger partial charge on any atom is -0.328 e. The Labute approximate surface area is 105 Å². The minimum absolute atomic E-state index is 0.292. The highest BCUT2D eigenvalue weighted by atomic mass is 15.1. The molecule has 1 aliphatic heterocycles. The van der Waals surface area contributed by atoms with E-state index in [-0.39, 0.29) is 0 Å². The van der Waals surface area contributed by atoms with Crippen molar-refractivity contribution in [3.63, 3.8) is 0 Å². The zero-order valence-electron chi connectivity index (χ0n) is 11.0. The fourth-order valence-electron chi connectivity index (χ4n) is 2.47. The molecule has 0 amide bonds. The van der Waals surface area contributed by atoms with Crippen molar-refractivity contribution in [1.29, 1.82) is 0 Å². The summed E-state index contributed by atoms with van der Waals surface area (Å²) in [6, 6.07) is 9.14. The standard InChI is InChI=1S/C15H24N2/c1-12(13(2)16)11-17-9-7-14-5-3-4-6-15(14)8-10-17/h3-6,12-13H,7-11,16H2,1-2H3. The number of hydrogen-bond donors (Lipinski definition) is 1. The SMILES string of the molecule is CC(N)C(C)CN1CCc2ccccc2CC1. The maximum atomic E-state index is 5.95. The van der Waals surface area contributed by atoms with Gasteiger partial charge in [0, 0.05) is 25.7 Å². The first kappa shape index (κ1) is 12.6. The fourth-order valence-corrected chi connectivity index (χ4v) is 2.47. The Bertz CT molecular complexity index is 333. The topological polar surface area (TPSA) is 29.3 Å². The van der Waals surface area contributed by atoms with Crippen molar-refractivity contribution in [2.24, 2.45) is 11.7 Å². The molecule has 0 aliphatic carbocycles. The zero-order chi connectivity index (χ0) is 12.3. The van der Waals surface area contributed by atoms with Gasteiger partial charge in [-0.15, -0.1) is 0 Å². The number of rotatable bonds is 3. The predicted molar refractivity (Wildman–Crippen MR) is 73.1 cm³/mol. The van der Waals surface area contributed by atoms with Gasteiger partial charge in [0.05, 0.1) is 0 Å². The van der Waals surface area contributed by atoms with Crippen LogP contribution in [0.5, 0.6) is 0 Å². The normalized spacial score (nSPS) is 20.4. The second-order valence-electron chi connectivity index (χ2n) is 5.41. The summed E-state index contributed by atoms with van der Waals surface area (Å²) in [5.74, 6) is 0.580. The average molecular weight is 232 g/mol. The fraction of sp³-hybridized carbons (Fsp3) is 0.600. The summed E-state index contributed by atoms with van der Waals surface area (Å²) in [4.78, 5) is 2.56. The van der Waals surface area contributed by atoms with Crippen molar-refractivity contribution in [2.75, 3.05) is 19.6 Å². The summed E-state index contributed by atoms with van der Waals surface area (Å²) in [5.41, 5.74) is 9.01. The molecule has 0 fully saturated rings. The van der Waals surface area contributed by atoms with Crippen LogP contribution >= 0.6 is 0 Å². The van der Waals surface area contributed by atoms with Crippen LogP contribution in [0.2, 0.25) is 0 Å². The summed E-state index contributed by atoms with van der Waals surface area (Å²) in [5, 5.41) is 0. The summed E-state index contributed by atoms with van der Waals surface area (Å²) < 4.78 is 0. The van der Waals surface area contributed by atoms with Gasteiger partial charge in [-0.1, -0.05) is 31.2 Å². The summed E-state index contributed by atoms with van der Waals surface area (Å²) in [7, 11) is 0. The van der Waals surface area contributed by atoms with Gasteiger partial charge in [-0.2, -0.15) is 0 Å². The zero-order valence-corrected chi connectivity index (χ0v) is 11.0. The van der Waals surface area contributed by atoms with E-state index in [9.17, 15) is 0 Å². The quantitative estimate of drug-likeness (QED) is 0.864. The van der Waals surface area contributed by atoms with Crippen LogP contribution in [-0.2, 0) is 12.8 Å². The lowest BCUT2D eigenvalue weighted by molar-refractivity contribution is 0.234. The van der Waals surface area contributed by atoms with E-state index in [0.717, 1.165) is 6.54 Å². The first-order valence-electron chi connectivity index (χ1n) is 6.71. The number of nitrogens with two attached hydrogens (primary N) is 1. The molecule has 0 bridgehead atoms. The van der Waals surface area contributed by atoms with Crippen molar-refractivity contribution in [3.8, 4) is 0 Å². The van der Waals surface area contributed by atoms with Crippen LogP contribution < -0.4 is 5.73 Å². The molecule has 2 rings (SSSR count). The van der Waals surface area contributed by atoms with E-state index in [0.29, 0.717) is 12.0 Å². The van der Waals surface area contributed by atoms with E-state index >= 15 is 0 Å². The van der Waals surface area contributed by atoms with Gasteiger partial charge in [0.1, 0.15) is 0 Å². The maximum Gasteiger partial charge on any atom is 0.00483 e. The van der Waals surface area contributed by atoms with Gasteiger partial charge in [-0.05, 0) is 36.8 Å². The minimum atomic E-state index is 0.292. The first-order valence-corrected chi connectivity index (χ1v) is 6.71. The maximum absolute atomic E-state index is 5.95. The van der Waals surface area contributed by atoms with Crippen LogP contribution in [0.1, 0.15) is 25.0 Å². The Kier molecular flexibility index (Phi) is 4.19. The molecule has 0 radical (unpaired) electrons. The van der Waals surface area contributed by atoms with Gasteiger partial charge in [-0.25, -0.2) is 0 Å². The van der Waals surface area contributed by atoms with Crippen LogP contribution in [0, 0.1) is 5.92 Å². The van der Waals surface area contributed by atoms with E-state index in [2.05, 4.69) is 43.0 Å². The Balaban J connectivity index is 1.95. The summed E-state index contributed by atoms with van der Waals surface area (Å²) in [6.07, 6.45) is 2.36. The van der Waals surface area contributed by atoms with Crippen molar-refractivity contribution in [2.45, 2.75) is 32.7 Å². The Morgan fingerprint density at radius 3 is 2.12 bits per heavy atom. The Morgan fingerprint density at radius 1 is 1.12 bits per heavy atom. The van der Waals surface area contributed by atoms with Gasteiger partial charge in [0.2, 0.25) is 0 Å². The van der Waals surface area contributed by atoms with Crippen molar-refractivity contribution in [1.82, 2.24) is 4.90 Å². The van der Waals surface area contributed by atoms with E-state index in [1.807, 2.05) is 0 Å². The van der Waals surface area contributed by atoms with Crippen LogP contribution in [0.4, 0.5) is 0 Å². The van der Waals surface area contributed by atoms with Crippen LogP contribution in [0.3, 0.4) is 0 Å². The largest absolute Gasteiger partial charge is 0.328 e. The number of benzene rings is 1. The van der Waals surface area contributed by atoms with Crippen LogP contribution in [0.15, 0.2) is 24.3 Å². The second kappa shape index (κ2) is 5.65. The van der Waals surface area contributed by atoms with Gasteiger partial charge in [0.15, 0.2) is 0 Å². The number of hydrogen-bond acceptors (Lipinski definition) is 2. The number of fused-ring (bicyclic) bond motifs is 1. The third-order valence-electron chi connectivity index (χ3n) is 3.96. The van der Waals surface area contributed by atoms with Crippen molar-refractivity contribution >= 4 is 0 Å². The average Bonchev–Trinajstić information content (AvgIpc) is 2.52. The van der Waals surface area contributed by atoms with Gasteiger partial charge >= 0.3 is 0 Å². The molecule has 17 heavy (non-hydrogen) atoms. The van der Waals surface area contributed by atoms with Crippen molar-refractivity contribution < 1.29 is 0 Å². The molecular weight excluding hydrogens is 208 g/mol. The molecule has 94 valence electrons. The van der Waals surface area contributed by atoms with E-state index < -0.39 is 0 Å². The lowest BCUT2D eigenvalue weighted by atomic mass is 10.0. The van der Waals surface area contributed by atoms with Gasteiger partial charge < -0.3 is 10.6 Å². The summed E-state index contributed by atoms with van der Waals surface area (Å²) >= 11 is 0. The van der Waals surface area contributed by atoms with E-state index in [1.54, 1.807) is 0 Å². The molecule has 0 aromatic heterocycles. The molecule has 2 nitrogen and oxygen atoms in total. The molecule has 0 spiro atoms. The van der Waals surface area contributed by atoms with E-state index in [4.69, 9.17) is 5.73 Å². The molecule has 1 heterocycles. The third-order valence-corrected chi connectivity index (χ3v) is 3.96. The predicted octanol–water partition coefficient (Wildman–Crippen LogP) is 2.07. The first-order chi connectivity index (χ1) is 8.16. The van der Waals surface area contributed by atoms with Gasteiger partial charge in [0.25, 0.3) is 0 Å². The molecule has 1 aromatic carbocycles. The molecule has 1 aromatic rings. The molecule has 0 saturated carbocycles. The molecule has 0 saturated heterocycles. The van der Waals surface area contributed by atoms with E-state index in [1.165, 1.54) is 37.1 Å². The third kappa shape index (κ3) is 3.30. The molecule has 2 atom stereocenters. The summed E-state index contributed by atoms with van der Waals surface area (Å²) in [6.45, 7) is 7.84. The van der Waals surface area contributed by atoms with Crippen LogP contribution in [0.25, 0.3) is 0 Å². The Hall–Kier alpha value is -0.860. The highest BCUT2D eigenvalue weighted by molar-refractivity contribution is 5.28. The van der Waals surface area contributed by atoms with Crippen LogP contribution in [-0.4, -0.2) is 30.6 Å². The molecule has 1 aliphatic rings. The highest BCUT2D eigenvalue weighted by Gasteiger charge is 2.17. The molecular formula is C15H24N2. The number of nitrogens with zero attached hydrogens (tertiary/aromatic N) is 1. The lowest BCUT2D eigenvalue weighted by Gasteiger charge is -2.25. The molecule has 2 N–H and O–H groups in total. The van der Waals surface area contributed by atoms with Crippen molar-refractivity contribution in [3.05, 3.63) is 35.4 Å². The highest BCUT2D eigenvalue weighted by Crippen LogP contribution is 2.16. The second-order valence-corrected chi connectivity index (χ2v) is 5.41. The molecule has 2 heteroatoms. The van der Waals surface area contributed by atoms with Gasteiger partial charge in [-0.3, -0.25) is 0 Å².